The number of aromatic nitrogens is 2. The van der Waals surface area contributed by atoms with E-state index in [0.29, 0.717) is 5.69 Å². The second kappa shape index (κ2) is 1.85. The highest BCUT2D eigenvalue weighted by atomic mass is 16.1. The van der Waals surface area contributed by atoms with Crippen LogP contribution in [0.3, 0.4) is 0 Å². The van der Waals surface area contributed by atoms with Gasteiger partial charge in [0, 0.05) is 0 Å². The molecule has 0 bridgehead atoms. The maximum Gasteiger partial charge on any atom is 0.224 e. The molecule has 0 aromatic carbocycles. The third kappa shape index (κ3) is 0.706. The summed E-state index contributed by atoms with van der Waals surface area (Å²) in [5.74, 6) is 0.0335. The van der Waals surface area contributed by atoms with E-state index in [0.717, 1.165) is 0 Å². The minimum Gasteiger partial charge on any atom is -0.382 e. The van der Waals surface area contributed by atoms with Crippen LogP contribution in [0.15, 0.2) is 11.3 Å². The molecule has 2 rings (SSSR count). The Labute approximate surface area is 62.0 Å². The lowest BCUT2D eigenvalue weighted by molar-refractivity contribution is 0.107. The predicted molar refractivity (Wildman–Crippen MR) is 38.9 cm³/mol. The molecule has 0 atom stereocenters. The number of hydrogen-bond acceptors (Lipinski definition) is 5. The SMILES string of the molecule is Nc1ncnc2c1N=CC2=O. The van der Waals surface area contributed by atoms with Crippen LogP contribution in [0.1, 0.15) is 10.5 Å². The van der Waals surface area contributed by atoms with Crippen molar-refractivity contribution < 1.29 is 4.79 Å². The van der Waals surface area contributed by atoms with E-state index in [1.54, 1.807) is 0 Å². The van der Waals surface area contributed by atoms with E-state index >= 15 is 0 Å². The molecule has 1 aromatic rings. The van der Waals surface area contributed by atoms with E-state index in [9.17, 15) is 4.79 Å². The van der Waals surface area contributed by atoms with Crippen LogP contribution in [0.4, 0.5) is 11.5 Å². The molecule has 0 aliphatic carbocycles. The quantitative estimate of drug-likeness (QED) is 0.559. The van der Waals surface area contributed by atoms with Crippen molar-refractivity contribution in [2.45, 2.75) is 0 Å². The van der Waals surface area contributed by atoms with Gasteiger partial charge >= 0.3 is 0 Å². The third-order valence-electron chi connectivity index (χ3n) is 1.39. The molecule has 1 aliphatic rings. The number of nitrogens with zero attached hydrogens (tertiary/aromatic N) is 3. The van der Waals surface area contributed by atoms with Crippen LogP contribution in [0.5, 0.6) is 0 Å². The van der Waals surface area contributed by atoms with E-state index in [-0.39, 0.29) is 17.3 Å². The van der Waals surface area contributed by atoms with Gasteiger partial charge in [0.2, 0.25) is 5.78 Å². The Morgan fingerprint density at radius 1 is 1.36 bits per heavy atom. The van der Waals surface area contributed by atoms with Crippen molar-refractivity contribution in [3.05, 3.63) is 12.0 Å². The molecule has 0 saturated carbocycles. The summed E-state index contributed by atoms with van der Waals surface area (Å²) >= 11 is 0. The van der Waals surface area contributed by atoms with Crippen molar-refractivity contribution in [3.63, 3.8) is 0 Å². The molecule has 0 fully saturated rings. The fourth-order valence-corrected chi connectivity index (χ4v) is 0.884. The number of Topliss-reactive ketones (excluding diaryl/α,β-unsaturated/α-hetero) is 1. The summed E-state index contributed by atoms with van der Waals surface area (Å²) in [6, 6.07) is 0. The Balaban J connectivity index is 2.74. The minimum atomic E-state index is -0.214. The molecule has 0 amide bonds. The zero-order valence-corrected chi connectivity index (χ0v) is 5.48. The Hall–Kier alpha value is -1.78. The number of nitrogen functional groups attached to an aromatic ring is 1. The van der Waals surface area contributed by atoms with Crippen LogP contribution >= 0.6 is 0 Å². The van der Waals surface area contributed by atoms with Crippen molar-refractivity contribution in [1.29, 1.82) is 0 Å². The number of carbonyl (C=O) groups excluding carboxylic acids is 1. The highest BCUT2D eigenvalue weighted by Crippen LogP contribution is 2.25. The highest BCUT2D eigenvalue weighted by molar-refractivity contribution is 6.39. The van der Waals surface area contributed by atoms with Gasteiger partial charge in [-0.1, -0.05) is 0 Å². The number of rotatable bonds is 0. The van der Waals surface area contributed by atoms with Crippen molar-refractivity contribution in [3.8, 4) is 0 Å². The topological polar surface area (TPSA) is 81.2 Å². The first-order valence-corrected chi connectivity index (χ1v) is 2.98. The van der Waals surface area contributed by atoms with Crippen molar-refractivity contribution in [1.82, 2.24) is 9.97 Å². The van der Waals surface area contributed by atoms with Gasteiger partial charge in [-0.15, -0.1) is 0 Å². The second-order valence-electron chi connectivity index (χ2n) is 2.08. The molecule has 0 radical (unpaired) electrons. The number of carbonyl (C=O) groups is 1. The lowest BCUT2D eigenvalue weighted by Crippen LogP contribution is -2.00. The molecule has 2 heterocycles. The summed E-state index contributed by atoms with van der Waals surface area (Å²) in [6.45, 7) is 0. The van der Waals surface area contributed by atoms with E-state index in [1.807, 2.05) is 0 Å². The molecular formula is C6H4N4O. The maximum atomic E-state index is 10.9. The van der Waals surface area contributed by atoms with Gasteiger partial charge in [0.25, 0.3) is 0 Å². The Bertz CT molecular complexity index is 358. The minimum absolute atomic E-state index is 0.214. The second-order valence-corrected chi connectivity index (χ2v) is 2.08. The van der Waals surface area contributed by atoms with Gasteiger partial charge in [-0.05, 0) is 0 Å². The molecule has 1 aliphatic heterocycles. The van der Waals surface area contributed by atoms with E-state index in [1.165, 1.54) is 12.5 Å². The molecule has 0 unspecified atom stereocenters. The van der Waals surface area contributed by atoms with Gasteiger partial charge in [-0.25, -0.2) is 15.0 Å². The standard InChI is InChI=1S/C6H4N4O/c7-6-5-4(9-2-10-6)3(11)1-8-5/h1-2H,(H2,7,9,10). The Kier molecular flexibility index (Phi) is 1.00. The molecule has 2 N–H and O–H groups in total. The van der Waals surface area contributed by atoms with Crippen LogP contribution in [0, 0.1) is 0 Å². The number of ketones is 1. The first-order valence-electron chi connectivity index (χ1n) is 2.98. The van der Waals surface area contributed by atoms with Gasteiger partial charge in [0.05, 0.1) is 6.21 Å². The average molecular weight is 148 g/mol. The van der Waals surface area contributed by atoms with Gasteiger partial charge < -0.3 is 5.73 Å². The molecule has 54 valence electrons. The highest BCUT2D eigenvalue weighted by Gasteiger charge is 2.19. The number of hydrogen-bond donors (Lipinski definition) is 1. The fraction of sp³-hybridized carbons (Fsp3) is 0. The largest absolute Gasteiger partial charge is 0.382 e. The van der Waals surface area contributed by atoms with E-state index in [2.05, 4.69) is 15.0 Å². The molecule has 5 heteroatoms. The monoisotopic (exact) mass is 148 g/mol. The molecule has 11 heavy (non-hydrogen) atoms. The van der Waals surface area contributed by atoms with Gasteiger partial charge in [-0.3, -0.25) is 4.79 Å². The first-order chi connectivity index (χ1) is 5.29. The Morgan fingerprint density at radius 2 is 2.18 bits per heavy atom. The lowest BCUT2D eigenvalue weighted by Gasteiger charge is -1.95. The van der Waals surface area contributed by atoms with E-state index in [4.69, 9.17) is 5.73 Å². The normalized spacial score (nSPS) is 13.6. The summed E-state index contributed by atoms with van der Waals surface area (Å²) in [5.41, 5.74) is 6.09. The smallest absolute Gasteiger partial charge is 0.224 e. The first kappa shape index (κ1) is 5.96. The van der Waals surface area contributed by atoms with Gasteiger partial charge in [0.15, 0.2) is 5.82 Å². The Morgan fingerprint density at radius 3 is 2.91 bits per heavy atom. The van der Waals surface area contributed by atoms with Gasteiger partial charge in [0.1, 0.15) is 17.7 Å². The fourth-order valence-electron chi connectivity index (χ4n) is 0.884. The average Bonchev–Trinajstić information content (AvgIpc) is 2.35. The summed E-state index contributed by atoms with van der Waals surface area (Å²) in [4.78, 5) is 22.1. The van der Waals surface area contributed by atoms with Crippen LogP contribution in [-0.4, -0.2) is 22.0 Å². The zero-order chi connectivity index (χ0) is 7.84. The summed E-state index contributed by atoms with van der Waals surface area (Å²) in [5, 5.41) is 0. The predicted octanol–water partition coefficient (Wildman–Crippen LogP) is -0.0426. The van der Waals surface area contributed by atoms with Crippen LogP contribution < -0.4 is 5.73 Å². The third-order valence-corrected chi connectivity index (χ3v) is 1.39. The zero-order valence-electron chi connectivity index (χ0n) is 5.48. The van der Waals surface area contributed by atoms with Crippen LogP contribution in [-0.2, 0) is 0 Å². The van der Waals surface area contributed by atoms with Crippen molar-refractivity contribution in [2.75, 3.05) is 5.73 Å². The summed E-state index contributed by atoms with van der Waals surface area (Å²) in [7, 11) is 0. The van der Waals surface area contributed by atoms with Crippen molar-refractivity contribution >= 4 is 23.5 Å². The van der Waals surface area contributed by atoms with Crippen molar-refractivity contribution in [2.24, 2.45) is 4.99 Å². The van der Waals surface area contributed by atoms with E-state index < -0.39 is 0 Å². The summed E-state index contributed by atoms with van der Waals surface area (Å²) < 4.78 is 0. The summed E-state index contributed by atoms with van der Waals surface area (Å²) in [6.07, 6.45) is 2.44. The molecule has 0 saturated heterocycles. The van der Waals surface area contributed by atoms with Crippen LogP contribution in [0.2, 0.25) is 0 Å². The number of nitrogens with two attached hydrogens (primary N) is 1. The molecular weight excluding hydrogens is 144 g/mol. The number of aliphatic imine (C=N–C) groups is 1. The number of anilines is 1. The molecule has 1 aromatic heterocycles. The molecule has 0 spiro atoms. The maximum absolute atomic E-state index is 10.9. The van der Waals surface area contributed by atoms with Crippen LogP contribution in [0.25, 0.3) is 0 Å². The lowest BCUT2D eigenvalue weighted by atomic mass is 10.3. The van der Waals surface area contributed by atoms with Gasteiger partial charge in [-0.2, -0.15) is 0 Å². The number of fused-ring (bicyclic) bond motifs is 1. The molecule has 5 nitrogen and oxygen atoms in total.